The largest absolute Gasteiger partial charge is 0.507 e. The molecular weight excluding hydrogens is 342 g/mol. The highest BCUT2D eigenvalue weighted by atomic mass is 32.2. The molecule has 138 valence electrons. The van der Waals surface area contributed by atoms with Gasteiger partial charge in [0.15, 0.2) is 0 Å². The van der Waals surface area contributed by atoms with Gasteiger partial charge in [-0.05, 0) is 37.6 Å². The fraction of sp³-hybridized carbons (Fsp3) is 0.588. The van der Waals surface area contributed by atoms with Gasteiger partial charge in [0.25, 0.3) is 5.91 Å². The Morgan fingerprint density at radius 1 is 1.08 bits per heavy atom. The Bertz CT molecular complexity index is 736. The first kappa shape index (κ1) is 18.2. The van der Waals surface area contributed by atoms with Crippen LogP contribution in [0.25, 0.3) is 0 Å². The molecule has 0 radical (unpaired) electrons. The fourth-order valence-electron chi connectivity index (χ4n) is 3.36. The van der Waals surface area contributed by atoms with Gasteiger partial charge in [0.05, 0.1) is 10.5 Å². The monoisotopic (exact) mass is 367 g/mol. The van der Waals surface area contributed by atoms with E-state index in [9.17, 15) is 18.3 Å². The quantitative estimate of drug-likeness (QED) is 0.857. The lowest BCUT2D eigenvalue weighted by Crippen LogP contribution is -2.48. The number of phenols is 1. The third kappa shape index (κ3) is 3.65. The van der Waals surface area contributed by atoms with Crippen LogP contribution in [0.15, 0.2) is 23.1 Å². The molecule has 7 nitrogen and oxygen atoms in total. The lowest BCUT2D eigenvalue weighted by molar-refractivity contribution is 0.0640. The minimum Gasteiger partial charge on any atom is -0.507 e. The predicted molar refractivity (Wildman–Crippen MR) is 94.1 cm³/mol. The maximum Gasteiger partial charge on any atom is 0.257 e. The molecule has 1 aromatic carbocycles. The number of piperazine rings is 1. The van der Waals surface area contributed by atoms with Gasteiger partial charge < -0.3 is 14.9 Å². The van der Waals surface area contributed by atoms with Crippen LogP contribution in [0.3, 0.4) is 0 Å². The summed E-state index contributed by atoms with van der Waals surface area (Å²) in [5.74, 6) is -0.491. The number of likely N-dealkylation sites (N-methyl/N-ethyl adjacent to an activating group) is 1. The van der Waals surface area contributed by atoms with E-state index in [0.29, 0.717) is 26.2 Å². The zero-order valence-corrected chi connectivity index (χ0v) is 15.3. The highest BCUT2D eigenvalue weighted by Crippen LogP contribution is 2.27. The zero-order valence-electron chi connectivity index (χ0n) is 14.5. The number of carbonyl (C=O) groups excluding carboxylic acids is 1. The molecule has 0 aliphatic carbocycles. The second-order valence-electron chi connectivity index (χ2n) is 6.52. The van der Waals surface area contributed by atoms with Crippen LogP contribution in [0.4, 0.5) is 0 Å². The first-order chi connectivity index (χ1) is 11.9. The summed E-state index contributed by atoms with van der Waals surface area (Å²) in [5, 5.41) is 10.1. The van der Waals surface area contributed by atoms with Crippen molar-refractivity contribution in [1.29, 1.82) is 0 Å². The number of carbonyl (C=O) groups is 1. The molecule has 0 spiro atoms. The van der Waals surface area contributed by atoms with E-state index in [4.69, 9.17) is 0 Å². The average molecular weight is 367 g/mol. The van der Waals surface area contributed by atoms with E-state index in [1.807, 2.05) is 0 Å². The number of rotatable bonds is 4. The molecule has 2 fully saturated rings. The zero-order chi connectivity index (χ0) is 18.0. The van der Waals surface area contributed by atoms with Gasteiger partial charge in [-0.1, -0.05) is 6.92 Å². The van der Waals surface area contributed by atoms with Crippen molar-refractivity contribution in [2.75, 3.05) is 45.8 Å². The van der Waals surface area contributed by atoms with Gasteiger partial charge in [-0.3, -0.25) is 4.79 Å². The van der Waals surface area contributed by atoms with E-state index >= 15 is 0 Å². The predicted octanol–water partition coefficient (Wildman–Crippen LogP) is 0.954. The molecular formula is C17H25N3O4S. The molecule has 0 atom stereocenters. The number of phenolic OH excluding ortho intramolecular Hbond substituents is 1. The summed E-state index contributed by atoms with van der Waals surface area (Å²) in [6, 6.07) is 3.99. The molecule has 1 N–H and O–H groups in total. The normalized spacial score (nSPS) is 20.1. The van der Waals surface area contributed by atoms with Crippen LogP contribution in [-0.4, -0.2) is 79.3 Å². The molecule has 1 amide bonds. The van der Waals surface area contributed by atoms with E-state index in [-0.39, 0.29) is 22.1 Å². The second-order valence-corrected chi connectivity index (χ2v) is 8.45. The minimum absolute atomic E-state index is 0.0604. The molecule has 25 heavy (non-hydrogen) atoms. The van der Waals surface area contributed by atoms with Crippen molar-refractivity contribution in [2.45, 2.75) is 24.7 Å². The van der Waals surface area contributed by atoms with Crippen LogP contribution < -0.4 is 0 Å². The topological polar surface area (TPSA) is 81.2 Å². The second kappa shape index (κ2) is 7.31. The molecule has 1 aromatic rings. The van der Waals surface area contributed by atoms with Crippen molar-refractivity contribution in [3.63, 3.8) is 0 Å². The molecule has 2 heterocycles. The summed E-state index contributed by atoms with van der Waals surface area (Å²) >= 11 is 0. The van der Waals surface area contributed by atoms with Gasteiger partial charge in [-0.25, -0.2) is 8.42 Å². The molecule has 2 saturated heterocycles. The summed E-state index contributed by atoms with van der Waals surface area (Å²) in [6.07, 6.45) is 1.70. The first-order valence-corrected chi connectivity index (χ1v) is 10.2. The SMILES string of the molecule is CCN1CCN(C(=O)c2cc(S(=O)(=O)N3CCCC3)ccc2O)CC1. The molecule has 3 rings (SSSR count). The van der Waals surface area contributed by atoms with Crippen LogP contribution in [0.2, 0.25) is 0 Å². The van der Waals surface area contributed by atoms with Crippen molar-refractivity contribution >= 4 is 15.9 Å². The summed E-state index contributed by atoms with van der Waals surface area (Å²) in [4.78, 5) is 16.7. The standard InChI is InChI=1S/C17H25N3O4S/c1-2-18-9-11-19(12-10-18)17(22)15-13-14(5-6-16(15)21)25(23,24)20-7-3-4-8-20/h5-6,13,21H,2-4,7-12H2,1H3. The molecule has 8 heteroatoms. The van der Waals surface area contributed by atoms with E-state index < -0.39 is 10.0 Å². The van der Waals surface area contributed by atoms with Crippen molar-refractivity contribution in [3.8, 4) is 5.75 Å². The van der Waals surface area contributed by atoms with Gasteiger partial charge in [0.2, 0.25) is 10.0 Å². The van der Waals surface area contributed by atoms with Gasteiger partial charge in [0, 0.05) is 39.3 Å². The molecule has 0 aromatic heterocycles. The number of nitrogens with zero attached hydrogens (tertiary/aromatic N) is 3. The molecule has 0 unspecified atom stereocenters. The maximum absolute atomic E-state index is 12.8. The molecule has 2 aliphatic heterocycles. The summed E-state index contributed by atoms with van der Waals surface area (Å²) in [6.45, 7) is 6.76. The molecule has 0 saturated carbocycles. The number of hydrogen-bond donors (Lipinski definition) is 1. The average Bonchev–Trinajstić information content (AvgIpc) is 3.17. The smallest absolute Gasteiger partial charge is 0.257 e. The van der Waals surface area contributed by atoms with Crippen LogP contribution in [-0.2, 0) is 10.0 Å². The third-order valence-corrected chi connectivity index (χ3v) is 6.90. The van der Waals surface area contributed by atoms with Crippen LogP contribution in [0.5, 0.6) is 5.75 Å². The summed E-state index contributed by atoms with van der Waals surface area (Å²) in [5.41, 5.74) is 0.0604. The van der Waals surface area contributed by atoms with Crippen molar-refractivity contribution in [1.82, 2.24) is 14.1 Å². The Morgan fingerprint density at radius 3 is 2.32 bits per heavy atom. The van der Waals surface area contributed by atoms with E-state index in [2.05, 4.69) is 11.8 Å². The lowest BCUT2D eigenvalue weighted by atomic mass is 10.1. The van der Waals surface area contributed by atoms with Crippen molar-refractivity contribution in [3.05, 3.63) is 23.8 Å². The van der Waals surface area contributed by atoms with Gasteiger partial charge in [0.1, 0.15) is 5.75 Å². The Labute approximate surface area is 148 Å². The number of amides is 1. The van der Waals surface area contributed by atoms with Crippen LogP contribution in [0, 0.1) is 0 Å². The Balaban J connectivity index is 1.83. The van der Waals surface area contributed by atoms with E-state index in [1.54, 1.807) is 4.90 Å². The van der Waals surface area contributed by atoms with Crippen LogP contribution >= 0.6 is 0 Å². The van der Waals surface area contributed by atoms with Crippen molar-refractivity contribution in [2.24, 2.45) is 0 Å². The van der Waals surface area contributed by atoms with E-state index in [0.717, 1.165) is 32.5 Å². The molecule has 2 aliphatic rings. The Morgan fingerprint density at radius 2 is 1.72 bits per heavy atom. The lowest BCUT2D eigenvalue weighted by Gasteiger charge is -2.34. The Kier molecular flexibility index (Phi) is 5.31. The van der Waals surface area contributed by atoms with Gasteiger partial charge >= 0.3 is 0 Å². The highest BCUT2D eigenvalue weighted by Gasteiger charge is 2.30. The number of hydrogen-bond acceptors (Lipinski definition) is 5. The van der Waals surface area contributed by atoms with Crippen LogP contribution in [0.1, 0.15) is 30.1 Å². The van der Waals surface area contributed by atoms with Gasteiger partial charge in [-0.15, -0.1) is 0 Å². The third-order valence-electron chi connectivity index (χ3n) is 5.01. The highest BCUT2D eigenvalue weighted by molar-refractivity contribution is 7.89. The Hall–Kier alpha value is -1.64. The molecule has 0 bridgehead atoms. The van der Waals surface area contributed by atoms with E-state index in [1.165, 1.54) is 22.5 Å². The van der Waals surface area contributed by atoms with Gasteiger partial charge in [-0.2, -0.15) is 4.31 Å². The summed E-state index contributed by atoms with van der Waals surface area (Å²) < 4.78 is 26.8. The number of sulfonamides is 1. The fourth-order valence-corrected chi connectivity index (χ4v) is 4.91. The maximum atomic E-state index is 12.8. The number of aromatic hydroxyl groups is 1. The summed E-state index contributed by atoms with van der Waals surface area (Å²) in [7, 11) is -3.61. The minimum atomic E-state index is -3.61. The van der Waals surface area contributed by atoms with Crippen molar-refractivity contribution < 1.29 is 18.3 Å². The first-order valence-electron chi connectivity index (χ1n) is 8.78. The number of benzene rings is 1.